The predicted octanol–water partition coefficient (Wildman–Crippen LogP) is -1.47. The zero-order chi connectivity index (χ0) is 31.8. The van der Waals surface area contributed by atoms with E-state index in [1.54, 1.807) is 0 Å². The average Bonchev–Trinajstić information content (AvgIpc) is 3.72. The molecule has 2 bridgehead atoms. The Labute approximate surface area is 249 Å². The van der Waals surface area contributed by atoms with Gasteiger partial charge < -0.3 is 36.2 Å². The molecule has 4 aliphatic rings. The van der Waals surface area contributed by atoms with E-state index in [0.717, 1.165) is 10.9 Å². The number of nitrogens with zero attached hydrogens (tertiary/aromatic N) is 6. The Balaban J connectivity index is 1.27. The Morgan fingerprint density at radius 2 is 1.96 bits per heavy atom. The minimum atomic E-state index is -4.96. The summed E-state index contributed by atoms with van der Waals surface area (Å²) in [5.41, 5.74) is 10.6. The van der Waals surface area contributed by atoms with E-state index in [4.69, 9.17) is 38.7 Å². The van der Waals surface area contributed by atoms with Crippen molar-refractivity contribution in [2.24, 2.45) is 16.1 Å². The van der Waals surface area contributed by atoms with Gasteiger partial charge in [-0.15, -0.1) is 4.52 Å². The molecule has 0 aliphatic carbocycles. The van der Waals surface area contributed by atoms with Gasteiger partial charge in [-0.3, -0.25) is 18.8 Å². The maximum absolute atomic E-state index is 12.3. The highest BCUT2D eigenvalue weighted by molar-refractivity contribution is 7.55. The summed E-state index contributed by atoms with van der Waals surface area (Å²) in [5, 5.41) is 34.3. The molecule has 0 amide bonds. The molecule has 4 atom stereocenters. The zero-order valence-electron chi connectivity index (χ0n) is 22.4. The van der Waals surface area contributed by atoms with Crippen molar-refractivity contribution in [2.75, 3.05) is 17.3 Å². The van der Waals surface area contributed by atoms with E-state index in [9.17, 15) is 34.6 Å². The number of hydrogen-bond donors (Lipinski definition) is 10. The fourth-order valence-electron chi connectivity index (χ4n) is 4.94. The highest BCUT2D eigenvalue weighted by Crippen LogP contribution is 2.61. The first-order valence-corrected chi connectivity index (χ1v) is 15.9. The summed E-state index contributed by atoms with van der Waals surface area (Å²) in [7, 11) is -9.92. The number of imidazole rings is 1. The normalized spacial score (nSPS) is 28.4. The molecule has 240 valence electrons. The number of aliphatic hydroxyl groups is 1. The number of aromatic nitrogens is 4. The second kappa shape index (κ2) is 10.5. The van der Waals surface area contributed by atoms with Gasteiger partial charge in [0.1, 0.15) is 12.4 Å². The first kappa shape index (κ1) is 29.6. The molecular formula is C20H24N10O13P2+2. The third-order valence-electron chi connectivity index (χ3n) is 6.96. The van der Waals surface area contributed by atoms with Crippen LogP contribution in [0.2, 0.25) is 0 Å². The number of rotatable bonds is 2. The number of H-pyrrole nitrogens is 1. The Morgan fingerprint density at radius 3 is 2.76 bits per heavy atom. The number of fused-ring (bicyclic) bond motifs is 5. The van der Waals surface area contributed by atoms with Crippen molar-refractivity contribution in [2.45, 2.75) is 37.4 Å². The van der Waals surface area contributed by atoms with Gasteiger partial charge in [-0.2, -0.15) is 29.7 Å². The van der Waals surface area contributed by atoms with Gasteiger partial charge in [0.15, 0.2) is 41.7 Å². The van der Waals surface area contributed by atoms with Gasteiger partial charge in [0, 0.05) is 0 Å². The molecule has 25 heteroatoms. The standard InChI is InChI=1S/C20H22N10O13P2/c21-15-9-6(1-2-23-15)30(28-27-9)18-12(32)13-8(41-18)4-39-45(36,37)43-14-11(31)7(3-38-44(34,35)42-13)40-19(14)29-5-24-10-16(29)25-20(22)26-17(10)33/h3,5-6,9,11,15,23,31,34-37H,1-2,4,21H2,(H2-2,22,25,26,32,33)/p+2/b7-3+/t6?,9?,11-,15?/m1/s1. The minimum Gasteiger partial charge on any atom is -0.500 e. The number of nitrogen functional groups attached to an aromatic ring is 1. The molecular weight excluding hydrogens is 650 g/mol. The molecule has 45 heavy (non-hydrogen) atoms. The van der Waals surface area contributed by atoms with Crippen molar-refractivity contribution in [3.05, 3.63) is 40.2 Å². The van der Waals surface area contributed by atoms with Crippen LogP contribution in [0.25, 0.3) is 17.0 Å². The largest absolute Gasteiger partial charge is 0.663 e. The summed E-state index contributed by atoms with van der Waals surface area (Å²) in [5.74, 6) is -4.40. The molecule has 0 spiro atoms. The van der Waals surface area contributed by atoms with E-state index in [-0.39, 0.29) is 23.0 Å². The number of furan rings is 1. The van der Waals surface area contributed by atoms with Crippen LogP contribution in [-0.4, -0.2) is 80.2 Å². The van der Waals surface area contributed by atoms with Gasteiger partial charge in [0.25, 0.3) is 28.8 Å². The average molecular weight is 674 g/mol. The molecule has 12 N–H and O–H groups in total. The first-order valence-electron chi connectivity index (χ1n) is 12.8. The zero-order valence-corrected chi connectivity index (χ0v) is 24.1. The Kier molecular flexibility index (Phi) is 6.87. The van der Waals surface area contributed by atoms with Gasteiger partial charge in [0.05, 0.1) is 12.2 Å². The number of hydrogen-bond acceptors (Lipinski definition) is 21. The number of nitrogens with one attached hydrogen (secondary N) is 2. The van der Waals surface area contributed by atoms with E-state index in [0.29, 0.717) is 19.2 Å². The van der Waals surface area contributed by atoms with E-state index >= 15 is 0 Å². The second-order valence-corrected chi connectivity index (χ2v) is 12.7. The SMILES string of the molecule is Nc1nc2c(ncn2C2=C3O[P+](O)(O)OCc4oc(N5N=NC6C(N)NCCC65)c(O)c4O[P+](O)(O)O/C=C(/O2)[C@H]3O)c(=O)[nH]1. The molecule has 0 saturated carbocycles. The Hall–Kier alpha value is -4.15. The number of piperidine rings is 1. The quantitative estimate of drug-likeness (QED) is 0.139. The molecule has 7 heterocycles. The maximum Gasteiger partial charge on any atom is 0.663 e. The number of nitrogens with two attached hydrogens (primary N) is 2. The Morgan fingerprint density at radius 1 is 1.16 bits per heavy atom. The van der Waals surface area contributed by atoms with Crippen LogP contribution in [0.15, 0.2) is 43.7 Å². The van der Waals surface area contributed by atoms with E-state index in [1.807, 2.05) is 0 Å². The lowest BCUT2D eigenvalue weighted by atomic mass is 9.99. The number of aromatic hydroxyl groups is 1. The van der Waals surface area contributed by atoms with Gasteiger partial charge in [-0.25, -0.2) is 19.1 Å². The summed E-state index contributed by atoms with van der Waals surface area (Å²) in [6, 6.07) is -0.967. The summed E-state index contributed by atoms with van der Waals surface area (Å²) in [6.07, 6.45) is -0.446. The van der Waals surface area contributed by atoms with Crippen molar-refractivity contribution in [1.29, 1.82) is 0 Å². The predicted molar refractivity (Wildman–Crippen MR) is 147 cm³/mol. The smallest absolute Gasteiger partial charge is 0.500 e. The lowest BCUT2D eigenvalue weighted by Gasteiger charge is -2.32. The van der Waals surface area contributed by atoms with Gasteiger partial charge in [-0.1, -0.05) is 5.22 Å². The molecule has 3 aromatic heterocycles. The van der Waals surface area contributed by atoms with Crippen LogP contribution in [0, 0.1) is 0 Å². The summed E-state index contributed by atoms with van der Waals surface area (Å²) in [6.45, 7) is -0.416. The van der Waals surface area contributed by atoms with Crippen molar-refractivity contribution in [3.8, 4) is 11.5 Å². The van der Waals surface area contributed by atoms with Crippen LogP contribution in [0.1, 0.15) is 12.2 Å². The van der Waals surface area contributed by atoms with Gasteiger partial charge in [0.2, 0.25) is 11.7 Å². The number of anilines is 2. The summed E-state index contributed by atoms with van der Waals surface area (Å²) in [4.78, 5) is 65.1. The molecule has 1 saturated heterocycles. The van der Waals surface area contributed by atoms with Crippen LogP contribution >= 0.6 is 16.3 Å². The van der Waals surface area contributed by atoms with E-state index in [1.165, 1.54) is 5.01 Å². The third-order valence-corrected chi connectivity index (χ3v) is 8.66. The molecule has 1 fully saturated rings. The topological polar surface area (TPSA) is 336 Å². The lowest BCUT2D eigenvalue weighted by Crippen LogP contribution is -2.58. The fourth-order valence-corrected chi connectivity index (χ4v) is 6.43. The van der Waals surface area contributed by atoms with Crippen molar-refractivity contribution in [1.82, 2.24) is 24.8 Å². The highest BCUT2D eigenvalue weighted by atomic mass is 31.2. The van der Waals surface area contributed by atoms with Crippen molar-refractivity contribution >= 4 is 45.2 Å². The van der Waals surface area contributed by atoms with Crippen LogP contribution in [0.3, 0.4) is 0 Å². The molecule has 3 unspecified atom stereocenters. The fraction of sp³-hybridized carbons (Fsp3) is 0.350. The second-order valence-electron chi connectivity index (χ2n) is 9.86. The maximum atomic E-state index is 12.3. The molecule has 3 aromatic rings. The summed E-state index contributed by atoms with van der Waals surface area (Å²) < 4.78 is 32.9. The minimum absolute atomic E-state index is 0.183. The molecule has 0 aromatic carbocycles. The number of aliphatic hydroxyl groups excluding tert-OH is 1. The van der Waals surface area contributed by atoms with E-state index in [2.05, 4.69) is 30.6 Å². The van der Waals surface area contributed by atoms with Crippen LogP contribution in [0.5, 0.6) is 11.5 Å². The lowest BCUT2D eigenvalue weighted by molar-refractivity contribution is 0.102. The third kappa shape index (κ3) is 5.10. The molecule has 0 radical (unpaired) electrons. The summed E-state index contributed by atoms with van der Waals surface area (Å²) >= 11 is 0. The van der Waals surface area contributed by atoms with Crippen LogP contribution in [0.4, 0.5) is 11.8 Å². The van der Waals surface area contributed by atoms with Crippen molar-refractivity contribution < 1.29 is 57.0 Å². The van der Waals surface area contributed by atoms with Gasteiger partial charge in [-0.05, 0) is 13.0 Å². The first-order chi connectivity index (χ1) is 21.3. The van der Waals surface area contributed by atoms with Crippen LogP contribution < -0.4 is 31.9 Å². The van der Waals surface area contributed by atoms with E-state index < -0.39 is 87.5 Å². The highest BCUT2D eigenvalue weighted by Gasteiger charge is 2.53. The van der Waals surface area contributed by atoms with Crippen LogP contribution in [-0.2, 0) is 24.9 Å². The van der Waals surface area contributed by atoms with Gasteiger partial charge >= 0.3 is 16.3 Å². The molecule has 4 aliphatic heterocycles. The molecule has 7 rings (SSSR count). The number of ether oxygens (including phenoxy) is 1. The van der Waals surface area contributed by atoms with Crippen molar-refractivity contribution in [3.63, 3.8) is 0 Å². The molecule has 23 nitrogen and oxygen atoms in total. The Bertz CT molecular complexity index is 1840. The monoisotopic (exact) mass is 674 g/mol. The number of aromatic amines is 1.